The summed E-state index contributed by atoms with van der Waals surface area (Å²) in [6.07, 6.45) is 3.87. The maximum absolute atomic E-state index is 6.18. The maximum Gasteiger partial charge on any atom is 0.150 e. The fourth-order valence-electron chi connectivity index (χ4n) is 5.26. The summed E-state index contributed by atoms with van der Waals surface area (Å²) in [5.74, 6) is 0.988. The Morgan fingerprint density at radius 1 is 0.861 bits per heavy atom. The molecule has 1 atom stereocenters. The second-order valence-electron chi connectivity index (χ2n) is 9.48. The van der Waals surface area contributed by atoms with E-state index in [-0.39, 0.29) is 0 Å². The van der Waals surface area contributed by atoms with Crippen LogP contribution in [0.5, 0.6) is 0 Å². The summed E-state index contributed by atoms with van der Waals surface area (Å²) in [4.78, 5) is 14.5. The Labute approximate surface area is 216 Å². The Kier molecular flexibility index (Phi) is 5.86. The van der Waals surface area contributed by atoms with Crippen molar-refractivity contribution in [3.05, 3.63) is 102 Å². The van der Waals surface area contributed by atoms with Crippen molar-refractivity contribution in [3.63, 3.8) is 0 Å². The van der Waals surface area contributed by atoms with Gasteiger partial charge < -0.3 is 14.4 Å². The number of halogens is 1. The highest BCUT2D eigenvalue weighted by Crippen LogP contribution is 2.37. The summed E-state index contributed by atoms with van der Waals surface area (Å²) in [5, 5.41) is 1.80. The standard InChI is InChI=1S/C30H28ClN5/c1-21-7-6-10-26(17-21)35-16-15-34(18-22(35)2)29-28-27(23-8-4-3-5-9-23)19-36(30(28)33-20-32-29)25-13-11-24(31)12-14-25/h3-14,17,19-20,22H,15-16,18H2,1-2H3/t22-/m1/s1. The van der Waals surface area contributed by atoms with E-state index in [9.17, 15) is 0 Å². The van der Waals surface area contributed by atoms with Crippen LogP contribution in [0.3, 0.4) is 0 Å². The van der Waals surface area contributed by atoms with Gasteiger partial charge in [0.15, 0.2) is 5.65 Å². The molecule has 0 amide bonds. The molecule has 3 aromatic carbocycles. The Morgan fingerprint density at radius 2 is 1.67 bits per heavy atom. The minimum atomic E-state index is 0.351. The van der Waals surface area contributed by atoms with Crippen molar-refractivity contribution in [2.45, 2.75) is 19.9 Å². The molecule has 0 aliphatic carbocycles. The van der Waals surface area contributed by atoms with E-state index >= 15 is 0 Å². The molecule has 0 bridgehead atoms. The number of hydrogen-bond acceptors (Lipinski definition) is 4. The zero-order chi connectivity index (χ0) is 24.6. The molecule has 6 heteroatoms. The third kappa shape index (κ3) is 4.10. The third-order valence-corrected chi connectivity index (χ3v) is 7.26. The quantitative estimate of drug-likeness (QED) is 0.277. The fraction of sp³-hybridized carbons (Fsp3) is 0.200. The summed E-state index contributed by atoms with van der Waals surface area (Å²) in [7, 11) is 0. The van der Waals surface area contributed by atoms with Crippen LogP contribution in [-0.2, 0) is 0 Å². The van der Waals surface area contributed by atoms with Crippen LogP contribution in [0.1, 0.15) is 12.5 Å². The van der Waals surface area contributed by atoms with Crippen LogP contribution in [0, 0.1) is 6.92 Å². The van der Waals surface area contributed by atoms with Gasteiger partial charge >= 0.3 is 0 Å². The lowest BCUT2D eigenvalue weighted by atomic mass is 10.1. The maximum atomic E-state index is 6.18. The van der Waals surface area contributed by atoms with Gasteiger partial charge in [0, 0.05) is 53.8 Å². The number of benzene rings is 3. The zero-order valence-electron chi connectivity index (χ0n) is 20.5. The molecular weight excluding hydrogens is 466 g/mol. The van der Waals surface area contributed by atoms with Crippen LogP contribution in [0.2, 0.25) is 5.02 Å². The van der Waals surface area contributed by atoms with Crippen molar-refractivity contribution in [2.75, 3.05) is 29.4 Å². The third-order valence-electron chi connectivity index (χ3n) is 7.01. The SMILES string of the molecule is Cc1cccc(N2CCN(c3ncnc4c3c(-c3ccccc3)cn4-c3ccc(Cl)cc3)C[C@H]2C)c1. The molecule has 1 aliphatic heterocycles. The number of aryl methyl sites for hydroxylation is 1. The molecule has 6 rings (SSSR count). The lowest BCUT2D eigenvalue weighted by Crippen LogP contribution is -2.52. The second-order valence-corrected chi connectivity index (χ2v) is 9.91. The molecule has 1 aliphatic rings. The lowest BCUT2D eigenvalue weighted by Gasteiger charge is -2.42. The van der Waals surface area contributed by atoms with Crippen LogP contribution in [0.25, 0.3) is 27.8 Å². The normalized spacial score (nSPS) is 16.0. The molecule has 0 N–H and O–H groups in total. The fourth-order valence-corrected chi connectivity index (χ4v) is 5.39. The van der Waals surface area contributed by atoms with Crippen molar-refractivity contribution in [1.82, 2.24) is 14.5 Å². The molecule has 0 spiro atoms. The Balaban J connectivity index is 1.44. The molecule has 180 valence electrons. The number of rotatable bonds is 4. The first-order valence-electron chi connectivity index (χ1n) is 12.3. The first kappa shape index (κ1) is 22.6. The molecule has 36 heavy (non-hydrogen) atoms. The largest absolute Gasteiger partial charge is 0.365 e. The number of aromatic nitrogens is 3. The van der Waals surface area contributed by atoms with Crippen molar-refractivity contribution in [3.8, 4) is 16.8 Å². The van der Waals surface area contributed by atoms with Gasteiger partial charge in [0.05, 0.1) is 5.39 Å². The van der Waals surface area contributed by atoms with E-state index in [2.05, 4.69) is 82.9 Å². The van der Waals surface area contributed by atoms with Gasteiger partial charge in [0.25, 0.3) is 0 Å². The van der Waals surface area contributed by atoms with Gasteiger partial charge in [-0.2, -0.15) is 0 Å². The summed E-state index contributed by atoms with van der Waals surface area (Å²) >= 11 is 6.18. The van der Waals surface area contributed by atoms with Crippen LogP contribution in [0.4, 0.5) is 11.5 Å². The highest BCUT2D eigenvalue weighted by Gasteiger charge is 2.28. The first-order chi connectivity index (χ1) is 17.6. The topological polar surface area (TPSA) is 37.2 Å². The highest BCUT2D eigenvalue weighted by atomic mass is 35.5. The van der Waals surface area contributed by atoms with Crippen LogP contribution >= 0.6 is 11.6 Å². The molecule has 5 aromatic rings. The Bertz CT molecular complexity index is 1510. The van der Waals surface area contributed by atoms with Gasteiger partial charge in [-0.3, -0.25) is 0 Å². The smallest absolute Gasteiger partial charge is 0.150 e. The average molecular weight is 494 g/mol. The predicted molar refractivity (Wildman–Crippen MR) is 150 cm³/mol. The molecule has 0 radical (unpaired) electrons. The molecule has 1 saturated heterocycles. The van der Waals surface area contributed by atoms with Gasteiger partial charge in [-0.15, -0.1) is 0 Å². The van der Waals surface area contributed by atoms with Gasteiger partial charge in [-0.1, -0.05) is 54.1 Å². The van der Waals surface area contributed by atoms with Crippen molar-refractivity contribution in [2.24, 2.45) is 0 Å². The highest BCUT2D eigenvalue weighted by molar-refractivity contribution is 6.30. The summed E-state index contributed by atoms with van der Waals surface area (Å²) in [6.45, 7) is 7.17. The van der Waals surface area contributed by atoms with Gasteiger partial charge in [-0.05, 0) is 61.4 Å². The van der Waals surface area contributed by atoms with Crippen molar-refractivity contribution < 1.29 is 0 Å². The van der Waals surface area contributed by atoms with Gasteiger partial charge in [0.2, 0.25) is 0 Å². The van der Waals surface area contributed by atoms with Crippen molar-refractivity contribution in [1.29, 1.82) is 0 Å². The number of hydrogen-bond donors (Lipinski definition) is 0. The van der Waals surface area contributed by atoms with Crippen LogP contribution in [0.15, 0.2) is 91.4 Å². The molecular formula is C30H28ClN5. The van der Waals surface area contributed by atoms with E-state index in [1.54, 1.807) is 6.33 Å². The van der Waals surface area contributed by atoms with Crippen molar-refractivity contribution >= 4 is 34.1 Å². The molecule has 1 fully saturated rings. The number of nitrogens with zero attached hydrogens (tertiary/aromatic N) is 5. The number of piperazine rings is 1. The van der Waals surface area contributed by atoms with E-state index < -0.39 is 0 Å². The van der Waals surface area contributed by atoms with Gasteiger partial charge in [0.1, 0.15) is 12.1 Å². The summed E-state index contributed by atoms with van der Waals surface area (Å²) in [6, 6.07) is 27.5. The monoisotopic (exact) mass is 493 g/mol. The Hall–Kier alpha value is -3.83. The first-order valence-corrected chi connectivity index (χ1v) is 12.7. The van der Waals surface area contributed by atoms with Crippen LogP contribution in [-0.4, -0.2) is 40.2 Å². The number of anilines is 2. The molecule has 5 nitrogen and oxygen atoms in total. The zero-order valence-corrected chi connectivity index (χ0v) is 21.2. The number of fused-ring (bicyclic) bond motifs is 1. The van der Waals surface area contributed by atoms with E-state index in [0.717, 1.165) is 53.3 Å². The van der Waals surface area contributed by atoms with E-state index in [4.69, 9.17) is 21.6 Å². The van der Waals surface area contributed by atoms with Crippen LogP contribution < -0.4 is 9.80 Å². The van der Waals surface area contributed by atoms with Gasteiger partial charge in [-0.25, -0.2) is 9.97 Å². The minimum Gasteiger partial charge on any atom is -0.365 e. The average Bonchev–Trinajstić information content (AvgIpc) is 3.29. The Morgan fingerprint density at radius 3 is 2.42 bits per heavy atom. The minimum absolute atomic E-state index is 0.351. The summed E-state index contributed by atoms with van der Waals surface area (Å²) < 4.78 is 2.14. The second kappa shape index (κ2) is 9.32. The molecule has 3 heterocycles. The van der Waals surface area contributed by atoms with E-state index in [0.29, 0.717) is 11.1 Å². The van der Waals surface area contributed by atoms with E-state index in [1.165, 1.54) is 11.3 Å². The lowest BCUT2D eigenvalue weighted by molar-refractivity contribution is 0.548. The summed E-state index contributed by atoms with van der Waals surface area (Å²) in [5.41, 5.74) is 6.77. The van der Waals surface area contributed by atoms with E-state index in [1.807, 2.05) is 30.3 Å². The predicted octanol–water partition coefficient (Wildman–Crippen LogP) is 6.76. The molecule has 0 unspecified atom stereocenters. The molecule has 0 saturated carbocycles. The molecule has 2 aromatic heterocycles.